The van der Waals surface area contributed by atoms with Gasteiger partial charge in [-0.15, -0.1) is 0 Å². The van der Waals surface area contributed by atoms with Gasteiger partial charge in [0.25, 0.3) is 0 Å². The second kappa shape index (κ2) is 5.97. The van der Waals surface area contributed by atoms with Crippen molar-refractivity contribution in [2.45, 2.75) is 38.4 Å². The van der Waals surface area contributed by atoms with Crippen LogP contribution in [0.5, 0.6) is 0 Å². The molecule has 0 bridgehead atoms. The summed E-state index contributed by atoms with van der Waals surface area (Å²) in [5.41, 5.74) is -3.25. The highest BCUT2D eigenvalue weighted by Gasteiger charge is 2.27. The van der Waals surface area contributed by atoms with Gasteiger partial charge in [-0.25, -0.2) is 0 Å². The summed E-state index contributed by atoms with van der Waals surface area (Å²) in [6.45, 7) is 6.98. The van der Waals surface area contributed by atoms with Crippen LogP contribution in [0.15, 0.2) is 12.4 Å². The maximum atomic E-state index is 11.9. The summed E-state index contributed by atoms with van der Waals surface area (Å²) in [6.07, 6.45) is 3.64. The molecular formula is C11H18F3N3S. The van der Waals surface area contributed by atoms with Crippen LogP contribution in [-0.4, -0.2) is 27.6 Å². The highest BCUT2D eigenvalue weighted by atomic mass is 32.2. The number of rotatable bonds is 5. The van der Waals surface area contributed by atoms with Gasteiger partial charge in [-0.2, -0.15) is 18.3 Å². The summed E-state index contributed by atoms with van der Waals surface area (Å²) in [5.74, 6) is 0.0247. The molecular weight excluding hydrogens is 263 g/mol. The molecule has 1 aromatic rings. The average Bonchev–Trinajstić information content (AvgIpc) is 2.63. The molecule has 18 heavy (non-hydrogen) atoms. The SMILES string of the molecule is CC(C)(C)n1cc(CNCCSC(F)(F)F)cn1. The quantitative estimate of drug-likeness (QED) is 0.842. The number of hydrogen-bond acceptors (Lipinski definition) is 3. The lowest BCUT2D eigenvalue weighted by Gasteiger charge is -2.18. The molecule has 104 valence electrons. The first-order chi connectivity index (χ1) is 8.18. The standard InChI is InChI=1S/C11H18F3N3S/c1-10(2,3)17-8-9(7-16-17)6-15-4-5-18-11(12,13)14/h7-8,15H,4-6H2,1-3H3. The first-order valence-corrected chi connectivity index (χ1v) is 6.62. The number of thioether (sulfide) groups is 1. The zero-order chi connectivity index (χ0) is 13.8. The summed E-state index contributed by atoms with van der Waals surface area (Å²) >= 11 is -0.00516. The highest BCUT2D eigenvalue weighted by molar-refractivity contribution is 8.00. The Labute approximate surface area is 109 Å². The molecule has 0 amide bonds. The Morgan fingerprint density at radius 2 is 2.00 bits per heavy atom. The van der Waals surface area contributed by atoms with Gasteiger partial charge in [0.1, 0.15) is 0 Å². The van der Waals surface area contributed by atoms with Crippen molar-refractivity contribution in [2.75, 3.05) is 12.3 Å². The van der Waals surface area contributed by atoms with Crippen molar-refractivity contribution >= 4 is 11.8 Å². The molecule has 0 aromatic carbocycles. The van der Waals surface area contributed by atoms with Crippen LogP contribution in [0.4, 0.5) is 13.2 Å². The van der Waals surface area contributed by atoms with Crippen LogP contribution in [0.25, 0.3) is 0 Å². The van der Waals surface area contributed by atoms with Crippen molar-refractivity contribution in [1.29, 1.82) is 0 Å². The molecule has 7 heteroatoms. The summed E-state index contributed by atoms with van der Waals surface area (Å²) < 4.78 is 37.4. The molecule has 0 atom stereocenters. The monoisotopic (exact) mass is 281 g/mol. The van der Waals surface area contributed by atoms with Crippen LogP contribution in [0.3, 0.4) is 0 Å². The van der Waals surface area contributed by atoms with E-state index in [0.717, 1.165) is 5.56 Å². The first kappa shape index (κ1) is 15.4. The fourth-order valence-electron chi connectivity index (χ4n) is 1.29. The molecule has 3 nitrogen and oxygen atoms in total. The third kappa shape index (κ3) is 5.77. The number of aromatic nitrogens is 2. The summed E-state index contributed by atoms with van der Waals surface area (Å²) in [7, 11) is 0. The molecule has 1 aromatic heterocycles. The van der Waals surface area contributed by atoms with E-state index in [1.54, 1.807) is 6.20 Å². The van der Waals surface area contributed by atoms with E-state index < -0.39 is 5.51 Å². The Balaban J connectivity index is 2.26. The molecule has 0 saturated heterocycles. The zero-order valence-corrected chi connectivity index (χ0v) is 11.5. The van der Waals surface area contributed by atoms with Gasteiger partial charge in [-0.3, -0.25) is 4.68 Å². The van der Waals surface area contributed by atoms with Gasteiger partial charge in [0.05, 0.1) is 11.7 Å². The van der Waals surface area contributed by atoms with Gasteiger partial charge in [-0.05, 0) is 32.5 Å². The smallest absolute Gasteiger partial charge is 0.312 e. The van der Waals surface area contributed by atoms with E-state index in [1.807, 2.05) is 31.6 Å². The minimum absolute atomic E-state index is 0.00516. The summed E-state index contributed by atoms with van der Waals surface area (Å²) in [6, 6.07) is 0. The Morgan fingerprint density at radius 3 is 2.50 bits per heavy atom. The predicted molar refractivity (Wildman–Crippen MR) is 67.4 cm³/mol. The summed E-state index contributed by atoms with van der Waals surface area (Å²) in [4.78, 5) is 0. The number of halogens is 3. The fourth-order valence-corrected chi connectivity index (χ4v) is 1.77. The third-order valence-electron chi connectivity index (χ3n) is 2.20. The van der Waals surface area contributed by atoms with Gasteiger partial charge in [-0.1, -0.05) is 0 Å². The van der Waals surface area contributed by atoms with Crippen molar-refractivity contribution in [1.82, 2.24) is 15.1 Å². The van der Waals surface area contributed by atoms with E-state index in [-0.39, 0.29) is 23.1 Å². The molecule has 1 heterocycles. The third-order valence-corrected chi connectivity index (χ3v) is 2.93. The lowest BCUT2D eigenvalue weighted by Crippen LogP contribution is -2.22. The van der Waals surface area contributed by atoms with Crippen LogP contribution >= 0.6 is 11.8 Å². The van der Waals surface area contributed by atoms with E-state index in [1.165, 1.54) is 0 Å². The van der Waals surface area contributed by atoms with Gasteiger partial charge >= 0.3 is 5.51 Å². The van der Waals surface area contributed by atoms with Gasteiger partial charge < -0.3 is 5.32 Å². The topological polar surface area (TPSA) is 29.9 Å². The Kier molecular flexibility index (Phi) is 5.10. The molecule has 0 spiro atoms. The van der Waals surface area contributed by atoms with E-state index in [4.69, 9.17) is 0 Å². The molecule has 0 radical (unpaired) electrons. The van der Waals surface area contributed by atoms with Crippen LogP contribution < -0.4 is 5.32 Å². The molecule has 0 aliphatic heterocycles. The minimum Gasteiger partial charge on any atom is -0.312 e. The molecule has 0 saturated carbocycles. The lowest BCUT2D eigenvalue weighted by molar-refractivity contribution is -0.0327. The predicted octanol–water partition coefficient (Wildman–Crippen LogP) is 2.98. The first-order valence-electron chi connectivity index (χ1n) is 5.64. The fraction of sp³-hybridized carbons (Fsp3) is 0.727. The van der Waals surface area contributed by atoms with Crippen LogP contribution in [0, 0.1) is 0 Å². The molecule has 0 aliphatic carbocycles. The Hall–Kier alpha value is -0.690. The van der Waals surface area contributed by atoms with Crippen molar-refractivity contribution in [3.8, 4) is 0 Å². The van der Waals surface area contributed by atoms with Gasteiger partial charge in [0, 0.05) is 30.6 Å². The molecule has 1 rings (SSSR count). The molecule has 1 N–H and O–H groups in total. The van der Waals surface area contributed by atoms with E-state index in [0.29, 0.717) is 13.1 Å². The number of hydrogen-bond donors (Lipinski definition) is 1. The van der Waals surface area contributed by atoms with Gasteiger partial charge in [0.2, 0.25) is 0 Å². The molecule has 0 unspecified atom stereocenters. The van der Waals surface area contributed by atoms with E-state index in [2.05, 4.69) is 10.4 Å². The highest BCUT2D eigenvalue weighted by Crippen LogP contribution is 2.29. The van der Waals surface area contributed by atoms with Crippen LogP contribution in [0.2, 0.25) is 0 Å². The molecule has 0 fully saturated rings. The second-order valence-corrected chi connectivity index (χ2v) is 6.09. The van der Waals surface area contributed by atoms with Gasteiger partial charge in [0.15, 0.2) is 0 Å². The number of alkyl halides is 3. The van der Waals surface area contributed by atoms with E-state index >= 15 is 0 Å². The van der Waals surface area contributed by atoms with Crippen LogP contribution in [-0.2, 0) is 12.1 Å². The number of nitrogens with zero attached hydrogens (tertiary/aromatic N) is 2. The average molecular weight is 281 g/mol. The number of nitrogens with one attached hydrogen (secondary N) is 1. The second-order valence-electron chi connectivity index (χ2n) is 4.93. The van der Waals surface area contributed by atoms with Crippen LogP contribution in [0.1, 0.15) is 26.3 Å². The van der Waals surface area contributed by atoms with Crippen molar-refractivity contribution in [2.24, 2.45) is 0 Å². The lowest BCUT2D eigenvalue weighted by atomic mass is 10.1. The Morgan fingerprint density at radius 1 is 1.33 bits per heavy atom. The normalized spacial score (nSPS) is 13.0. The summed E-state index contributed by atoms with van der Waals surface area (Å²) in [5, 5.41) is 7.18. The maximum absolute atomic E-state index is 11.9. The molecule has 0 aliphatic rings. The van der Waals surface area contributed by atoms with Crippen molar-refractivity contribution in [3.05, 3.63) is 18.0 Å². The van der Waals surface area contributed by atoms with E-state index in [9.17, 15) is 13.2 Å². The maximum Gasteiger partial charge on any atom is 0.441 e. The van der Waals surface area contributed by atoms with Crippen molar-refractivity contribution < 1.29 is 13.2 Å². The zero-order valence-electron chi connectivity index (χ0n) is 10.7. The largest absolute Gasteiger partial charge is 0.441 e. The Bertz CT molecular complexity index is 368. The minimum atomic E-state index is -4.14. The van der Waals surface area contributed by atoms with Crippen molar-refractivity contribution in [3.63, 3.8) is 0 Å².